The van der Waals surface area contributed by atoms with Gasteiger partial charge in [0.25, 0.3) is 0 Å². The Kier molecular flexibility index (Phi) is 9.27. The minimum atomic E-state index is -0.680. The van der Waals surface area contributed by atoms with Crippen LogP contribution in [0.3, 0.4) is 0 Å². The lowest BCUT2D eigenvalue weighted by atomic mass is 10.1. The summed E-state index contributed by atoms with van der Waals surface area (Å²) in [6, 6.07) is 0. The first kappa shape index (κ1) is 14.2. The van der Waals surface area contributed by atoms with Crippen LogP contribution >= 0.6 is 11.6 Å². The molecular formula is C10H18ClNO3. The van der Waals surface area contributed by atoms with Gasteiger partial charge in [0.05, 0.1) is 0 Å². The minimum absolute atomic E-state index is 0.136. The van der Waals surface area contributed by atoms with Crippen molar-refractivity contribution in [1.29, 1.82) is 0 Å². The van der Waals surface area contributed by atoms with Crippen LogP contribution in [-0.4, -0.2) is 24.5 Å². The first-order chi connectivity index (χ1) is 7.24. The molecule has 5 heteroatoms. The van der Waals surface area contributed by atoms with Gasteiger partial charge in [-0.2, -0.15) is 0 Å². The zero-order valence-corrected chi connectivity index (χ0v) is 9.76. The molecule has 0 aliphatic heterocycles. The number of rotatable bonds is 8. The van der Waals surface area contributed by atoms with Crippen LogP contribution in [-0.2, 0) is 9.53 Å². The summed E-state index contributed by atoms with van der Waals surface area (Å²) in [5.74, 6) is 0.557. The number of unbranched alkanes of at least 4 members (excludes halogenated alkanes) is 1. The summed E-state index contributed by atoms with van der Waals surface area (Å²) in [5, 5.41) is 1.95. The summed E-state index contributed by atoms with van der Waals surface area (Å²) in [6.45, 7) is 2.07. The summed E-state index contributed by atoms with van der Waals surface area (Å²) in [7, 11) is 0. The van der Waals surface area contributed by atoms with E-state index in [0.717, 1.165) is 32.1 Å². The Balaban J connectivity index is 3.86. The van der Waals surface area contributed by atoms with E-state index < -0.39 is 6.09 Å². The van der Waals surface area contributed by atoms with Crippen molar-refractivity contribution in [1.82, 2.24) is 5.32 Å². The van der Waals surface area contributed by atoms with Crippen LogP contribution < -0.4 is 5.32 Å². The van der Waals surface area contributed by atoms with E-state index in [2.05, 4.69) is 6.92 Å². The second-order valence-corrected chi connectivity index (χ2v) is 3.64. The molecule has 0 heterocycles. The second kappa shape index (κ2) is 9.77. The van der Waals surface area contributed by atoms with Crippen molar-refractivity contribution in [3.8, 4) is 0 Å². The highest BCUT2D eigenvalue weighted by Crippen LogP contribution is 2.11. The van der Waals surface area contributed by atoms with Crippen molar-refractivity contribution in [2.75, 3.05) is 5.88 Å². The van der Waals surface area contributed by atoms with Crippen molar-refractivity contribution in [2.45, 2.75) is 45.1 Å². The molecule has 0 bridgehead atoms. The van der Waals surface area contributed by atoms with Crippen LogP contribution in [0.1, 0.15) is 39.0 Å². The molecule has 0 saturated heterocycles. The zero-order chi connectivity index (χ0) is 11.5. The molecule has 4 nitrogen and oxygen atoms in total. The Bertz CT molecular complexity index is 180. The SMILES string of the molecule is CCCCC(CCCCl)OC(=O)NC=O. The van der Waals surface area contributed by atoms with Gasteiger partial charge in [0, 0.05) is 5.88 Å². The topological polar surface area (TPSA) is 55.4 Å². The lowest BCUT2D eigenvalue weighted by Crippen LogP contribution is -2.28. The zero-order valence-electron chi connectivity index (χ0n) is 9.00. The quantitative estimate of drug-likeness (QED) is 0.519. The van der Waals surface area contributed by atoms with Gasteiger partial charge >= 0.3 is 6.09 Å². The maximum absolute atomic E-state index is 11.0. The molecule has 1 atom stereocenters. The average molecular weight is 236 g/mol. The van der Waals surface area contributed by atoms with Gasteiger partial charge in [-0.25, -0.2) is 4.79 Å². The van der Waals surface area contributed by atoms with Crippen molar-refractivity contribution in [3.63, 3.8) is 0 Å². The largest absolute Gasteiger partial charge is 0.446 e. The fourth-order valence-electron chi connectivity index (χ4n) is 1.23. The summed E-state index contributed by atoms with van der Waals surface area (Å²) in [5.41, 5.74) is 0. The minimum Gasteiger partial charge on any atom is -0.446 e. The lowest BCUT2D eigenvalue weighted by Gasteiger charge is -2.16. The number of amides is 2. The number of carbonyl (C=O) groups excluding carboxylic acids is 2. The Morgan fingerprint density at radius 2 is 2.13 bits per heavy atom. The molecule has 0 aliphatic rings. The van der Waals surface area contributed by atoms with Crippen LogP contribution in [0.15, 0.2) is 0 Å². The average Bonchev–Trinajstić information content (AvgIpc) is 2.22. The number of nitrogens with one attached hydrogen (secondary N) is 1. The van der Waals surface area contributed by atoms with Gasteiger partial charge in [-0.1, -0.05) is 19.8 Å². The highest BCUT2D eigenvalue weighted by atomic mass is 35.5. The fourth-order valence-corrected chi connectivity index (χ4v) is 1.39. The molecule has 2 amide bonds. The van der Waals surface area contributed by atoms with Crippen LogP contribution in [0, 0.1) is 0 Å². The van der Waals surface area contributed by atoms with Crippen LogP contribution in [0.25, 0.3) is 0 Å². The Morgan fingerprint density at radius 3 is 2.67 bits per heavy atom. The number of hydrogen-bond donors (Lipinski definition) is 1. The molecule has 1 N–H and O–H groups in total. The summed E-state index contributed by atoms with van der Waals surface area (Å²) in [4.78, 5) is 21.0. The van der Waals surface area contributed by atoms with Crippen molar-refractivity contribution in [2.24, 2.45) is 0 Å². The van der Waals surface area contributed by atoms with Crippen LogP contribution in [0.5, 0.6) is 0 Å². The van der Waals surface area contributed by atoms with Crippen LogP contribution in [0.2, 0.25) is 0 Å². The van der Waals surface area contributed by atoms with E-state index in [4.69, 9.17) is 16.3 Å². The molecule has 0 spiro atoms. The smallest absolute Gasteiger partial charge is 0.413 e. The molecular weight excluding hydrogens is 218 g/mol. The number of carbonyl (C=O) groups is 2. The number of alkyl carbamates (subject to hydrolysis) is 1. The van der Waals surface area contributed by atoms with Gasteiger partial charge in [-0.3, -0.25) is 10.1 Å². The van der Waals surface area contributed by atoms with Crippen molar-refractivity contribution < 1.29 is 14.3 Å². The van der Waals surface area contributed by atoms with Gasteiger partial charge in [0.2, 0.25) is 6.41 Å². The second-order valence-electron chi connectivity index (χ2n) is 3.26. The molecule has 0 aromatic carbocycles. The first-order valence-electron chi connectivity index (χ1n) is 5.21. The van der Waals surface area contributed by atoms with E-state index in [0.29, 0.717) is 12.3 Å². The van der Waals surface area contributed by atoms with Crippen LogP contribution in [0.4, 0.5) is 4.79 Å². The van der Waals surface area contributed by atoms with Crippen molar-refractivity contribution >= 4 is 24.1 Å². The molecule has 0 aromatic rings. The molecule has 0 aromatic heterocycles. The standard InChI is InChI=1S/C10H18ClNO3/c1-2-3-5-9(6-4-7-11)15-10(14)12-8-13/h8-9H,2-7H2,1H3,(H,12,13,14). The molecule has 0 rings (SSSR count). The summed E-state index contributed by atoms with van der Waals surface area (Å²) >= 11 is 5.57. The normalized spacial score (nSPS) is 11.9. The number of halogens is 1. The Labute approximate surface area is 95.3 Å². The monoisotopic (exact) mass is 235 g/mol. The third-order valence-corrected chi connectivity index (χ3v) is 2.26. The maximum Gasteiger partial charge on any atom is 0.413 e. The molecule has 0 fully saturated rings. The molecule has 1 unspecified atom stereocenters. The molecule has 0 aliphatic carbocycles. The van der Waals surface area contributed by atoms with E-state index in [1.165, 1.54) is 0 Å². The van der Waals surface area contributed by atoms with Gasteiger partial charge in [-0.05, 0) is 19.3 Å². The number of ether oxygens (including phenoxy) is 1. The maximum atomic E-state index is 11.0. The van der Waals surface area contributed by atoms with E-state index in [-0.39, 0.29) is 6.10 Å². The van der Waals surface area contributed by atoms with Gasteiger partial charge in [0.1, 0.15) is 6.10 Å². The van der Waals surface area contributed by atoms with E-state index in [1.807, 2.05) is 5.32 Å². The number of hydrogen-bond acceptors (Lipinski definition) is 3. The predicted octanol–water partition coefficient (Wildman–Crippen LogP) is 2.45. The molecule has 88 valence electrons. The summed E-state index contributed by atoms with van der Waals surface area (Å²) in [6.07, 6.45) is 3.93. The lowest BCUT2D eigenvalue weighted by molar-refractivity contribution is -0.109. The Hall–Kier alpha value is -0.770. The third kappa shape index (κ3) is 8.24. The summed E-state index contributed by atoms with van der Waals surface area (Å²) < 4.78 is 5.06. The van der Waals surface area contributed by atoms with E-state index in [9.17, 15) is 9.59 Å². The first-order valence-corrected chi connectivity index (χ1v) is 5.74. The fraction of sp³-hybridized carbons (Fsp3) is 0.800. The van der Waals surface area contributed by atoms with Gasteiger partial charge in [-0.15, -0.1) is 11.6 Å². The molecule has 15 heavy (non-hydrogen) atoms. The van der Waals surface area contributed by atoms with Gasteiger partial charge < -0.3 is 4.74 Å². The highest BCUT2D eigenvalue weighted by molar-refractivity contribution is 6.17. The predicted molar refractivity (Wildman–Crippen MR) is 58.9 cm³/mol. The third-order valence-electron chi connectivity index (χ3n) is 1.99. The van der Waals surface area contributed by atoms with E-state index in [1.54, 1.807) is 0 Å². The van der Waals surface area contributed by atoms with E-state index >= 15 is 0 Å². The Morgan fingerprint density at radius 1 is 1.47 bits per heavy atom. The van der Waals surface area contributed by atoms with Crippen molar-refractivity contribution in [3.05, 3.63) is 0 Å². The van der Waals surface area contributed by atoms with Gasteiger partial charge in [0.15, 0.2) is 0 Å². The number of imide groups is 1. The number of alkyl halides is 1. The molecule has 0 saturated carbocycles. The molecule has 0 radical (unpaired) electrons. The highest BCUT2D eigenvalue weighted by Gasteiger charge is 2.12.